The fourth-order valence-corrected chi connectivity index (χ4v) is 7.86. The summed E-state index contributed by atoms with van der Waals surface area (Å²) in [6.45, 7) is 4.28. The van der Waals surface area contributed by atoms with Crippen LogP contribution in [0.4, 0.5) is 11.4 Å². The number of anilines is 2. The first-order valence-electron chi connectivity index (χ1n) is 18.0. The maximum atomic E-state index is 2.62. The molecule has 0 bridgehead atoms. The molecule has 6 aromatic carbocycles. The number of benzene rings is 6. The molecular weight excluding hydrogens is 603 g/mol. The molecule has 0 radical (unpaired) electrons. The van der Waals surface area contributed by atoms with Crippen LogP contribution in [-0.4, -0.2) is 6.04 Å². The monoisotopic (exact) mass is 645 g/mol. The zero-order chi connectivity index (χ0) is 33.9. The fourth-order valence-electron chi connectivity index (χ4n) is 7.86. The lowest BCUT2D eigenvalue weighted by atomic mass is 9.93. The summed E-state index contributed by atoms with van der Waals surface area (Å²) in [5, 5.41) is 0. The van der Waals surface area contributed by atoms with Gasteiger partial charge in [0.15, 0.2) is 0 Å². The molecule has 1 aliphatic heterocycles. The van der Waals surface area contributed by atoms with Gasteiger partial charge >= 0.3 is 0 Å². The van der Waals surface area contributed by atoms with Gasteiger partial charge in [-0.1, -0.05) is 163 Å². The third-order valence-corrected chi connectivity index (χ3v) is 10.5. The molecule has 0 N–H and O–H groups in total. The topological polar surface area (TPSA) is 3.24 Å². The lowest BCUT2D eigenvalue weighted by molar-refractivity contribution is 0.642. The Balaban J connectivity index is 1.08. The van der Waals surface area contributed by atoms with E-state index in [4.69, 9.17) is 0 Å². The van der Waals surface area contributed by atoms with Gasteiger partial charge in [-0.2, -0.15) is 0 Å². The highest BCUT2D eigenvalue weighted by Gasteiger charge is 2.42. The molecule has 8 rings (SSSR count). The Morgan fingerprint density at radius 3 is 1.72 bits per heavy atom. The number of hydrogen-bond acceptors (Lipinski definition) is 1. The van der Waals surface area contributed by atoms with E-state index in [1.54, 1.807) is 0 Å². The average Bonchev–Trinajstić information content (AvgIpc) is 3.76. The van der Waals surface area contributed by atoms with Crippen LogP contribution >= 0.6 is 0 Å². The van der Waals surface area contributed by atoms with Crippen LogP contribution in [0, 0.1) is 13.8 Å². The molecule has 6 aromatic rings. The van der Waals surface area contributed by atoms with Gasteiger partial charge in [0.1, 0.15) is 0 Å². The first-order chi connectivity index (χ1) is 24.6. The Morgan fingerprint density at radius 1 is 0.560 bits per heavy atom. The van der Waals surface area contributed by atoms with Crippen molar-refractivity contribution in [3.05, 3.63) is 214 Å². The molecule has 1 aliphatic carbocycles. The van der Waals surface area contributed by atoms with Gasteiger partial charge in [0.05, 0.1) is 0 Å². The number of aryl methyl sites for hydroxylation is 2. The summed E-state index contributed by atoms with van der Waals surface area (Å²) in [6.07, 6.45) is 12.8. The number of nitrogens with zero attached hydrogens (tertiary/aromatic N) is 1. The maximum Gasteiger partial charge on any atom is 0.0450 e. The molecule has 1 heterocycles. The van der Waals surface area contributed by atoms with Crippen molar-refractivity contribution >= 4 is 34.7 Å². The first-order valence-corrected chi connectivity index (χ1v) is 18.0. The number of hydrogen-bond donors (Lipinski definition) is 0. The Kier molecular flexibility index (Phi) is 8.88. The Bertz CT molecular complexity index is 2080. The predicted molar refractivity (Wildman–Crippen MR) is 214 cm³/mol. The number of fused-ring (bicyclic) bond motifs is 3. The molecule has 2 aliphatic rings. The molecular formula is C49H43N. The molecule has 2 atom stereocenters. The van der Waals surface area contributed by atoms with Crippen molar-refractivity contribution < 1.29 is 0 Å². The molecule has 1 heteroatoms. The van der Waals surface area contributed by atoms with Crippen molar-refractivity contribution in [2.45, 2.75) is 45.1 Å². The number of allylic oxidation sites excluding steroid dienone is 2. The van der Waals surface area contributed by atoms with Crippen molar-refractivity contribution in [3.8, 4) is 0 Å². The van der Waals surface area contributed by atoms with Crippen molar-refractivity contribution in [1.29, 1.82) is 0 Å². The summed E-state index contributed by atoms with van der Waals surface area (Å²) in [5.74, 6) is 0.571. The van der Waals surface area contributed by atoms with Gasteiger partial charge in [0.2, 0.25) is 0 Å². The average molecular weight is 646 g/mol. The van der Waals surface area contributed by atoms with Crippen molar-refractivity contribution in [2.75, 3.05) is 4.90 Å². The van der Waals surface area contributed by atoms with Gasteiger partial charge < -0.3 is 4.90 Å². The van der Waals surface area contributed by atoms with Crippen molar-refractivity contribution in [1.82, 2.24) is 0 Å². The van der Waals surface area contributed by atoms with Gasteiger partial charge in [0, 0.05) is 23.3 Å². The van der Waals surface area contributed by atoms with Crippen LogP contribution in [0.25, 0.3) is 23.3 Å². The Labute approximate surface area is 297 Å². The molecule has 2 unspecified atom stereocenters. The summed E-state index contributed by atoms with van der Waals surface area (Å²) in [5.41, 5.74) is 16.6. The quantitative estimate of drug-likeness (QED) is 0.118. The summed E-state index contributed by atoms with van der Waals surface area (Å²) in [7, 11) is 0. The highest BCUT2D eigenvalue weighted by atomic mass is 15.2. The van der Waals surface area contributed by atoms with Crippen LogP contribution < -0.4 is 4.90 Å². The van der Waals surface area contributed by atoms with E-state index in [-0.39, 0.29) is 0 Å². The maximum absolute atomic E-state index is 2.62. The minimum atomic E-state index is 0.517. The van der Waals surface area contributed by atoms with Crippen LogP contribution in [0.1, 0.15) is 75.3 Å². The van der Waals surface area contributed by atoms with Crippen LogP contribution in [-0.2, 0) is 0 Å². The second-order valence-electron chi connectivity index (χ2n) is 13.8. The van der Waals surface area contributed by atoms with E-state index in [0.29, 0.717) is 12.0 Å². The van der Waals surface area contributed by atoms with Crippen LogP contribution in [0.3, 0.4) is 0 Å². The second-order valence-corrected chi connectivity index (χ2v) is 13.8. The minimum Gasteiger partial charge on any atom is -0.338 e. The molecule has 1 fully saturated rings. The summed E-state index contributed by atoms with van der Waals surface area (Å²) in [6, 6.07) is 56.0. The van der Waals surface area contributed by atoms with Crippen LogP contribution in [0.5, 0.6) is 0 Å². The molecule has 0 aromatic heterocycles. The fraction of sp³-hybridized carbons (Fsp3) is 0.143. The zero-order valence-corrected chi connectivity index (χ0v) is 29.0. The second kappa shape index (κ2) is 14.1. The molecule has 0 spiro atoms. The van der Waals surface area contributed by atoms with E-state index in [1.165, 1.54) is 91.9 Å². The third-order valence-electron chi connectivity index (χ3n) is 10.5. The van der Waals surface area contributed by atoms with E-state index < -0.39 is 0 Å². The molecule has 50 heavy (non-hydrogen) atoms. The minimum absolute atomic E-state index is 0.517. The highest BCUT2D eigenvalue weighted by molar-refractivity contribution is 5.92. The Hall–Kier alpha value is -5.66. The van der Waals surface area contributed by atoms with Gasteiger partial charge in [-0.25, -0.2) is 0 Å². The van der Waals surface area contributed by atoms with Crippen LogP contribution in [0.15, 0.2) is 164 Å². The number of rotatable bonds is 8. The third kappa shape index (κ3) is 6.52. The summed E-state index contributed by atoms with van der Waals surface area (Å²) < 4.78 is 0. The van der Waals surface area contributed by atoms with Gasteiger partial charge in [0.25, 0.3) is 0 Å². The SMILES string of the molecule is Cc1ccc(C(=C/C=C/c2ccc(N3c4ccc(C=C(c5ccccc5)c5ccccc5)cc4C4CCCC43)cc2)c2ccc(C)cc2)cc1. The van der Waals surface area contributed by atoms with Crippen molar-refractivity contribution in [2.24, 2.45) is 0 Å². The van der Waals surface area contributed by atoms with E-state index >= 15 is 0 Å². The summed E-state index contributed by atoms with van der Waals surface area (Å²) in [4.78, 5) is 2.62. The smallest absolute Gasteiger partial charge is 0.0450 e. The lowest BCUT2D eigenvalue weighted by Crippen LogP contribution is -2.26. The zero-order valence-electron chi connectivity index (χ0n) is 29.0. The molecule has 1 nitrogen and oxygen atoms in total. The van der Waals surface area contributed by atoms with Gasteiger partial charge in [-0.3, -0.25) is 0 Å². The molecule has 0 saturated heterocycles. The summed E-state index contributed by atoms with van der Waals surface area (Å²) >= 11 is 0. The van der Waals surface area contributed by atoms with Crippen LogP contribution in [0.2, 0.25) is 0 Å². The predicted octanol–water partition coefficient (Wildman–Crippen LogP) is 12.8. The van der Waals surface area contributed by atoms with E-state index in [1.807, 2.05) is 0 Å². The lowest BCUT2D eigenvalue weighted by Gasteiger charge is -2.27. The van der Waals surface area contributed by atoms with Crippen molar-refractivity contribution in [3.63, 3.8) is 0 Å². The van der Waals surface area contributed by atoms with Gasteiger partial charge in [-0.05, 0) is 107 Å². The van der Waals surface area contributed by atoms with Gasteiger partial charge in [-0.15, -0.1) is 0 Å². The normalized spacial score (nSPS) is 16.2. The van der Waals surface area contributed by atoms with E-state index in [2.05, 4.69) is 195 Å². The largest absolute Gasteiger partial charge is 0.338 e. The highest BCUT2D eigenvalue weighted by Crippen LogP contribution is 2.52. The molecule has 244 valence electrons. The van der Waals surface area contributed by atoms with E-state index in [0.717, 1.165) is 0 Å². The molecule has 0 amide bonds. The first kappa shape index (κ1) is 31.6. The van der Waals surface area contributed by atoms with E-state index in [9.17, 15) is 0 Å². The Morgan fingerprint density at radius 2 is 1.12 bits per heavy atom. The standard InChI is InChI=1S/C49H43N/c1-35-19-26-41(27-20-35)44(42-28-21-36(2)22-29-42)16-9-11-37-23-30-43(31-24-37)50-48-18-10-17-45(48)47-34-38(25-32-49(47)50)33-46(39-12-5-3-6-13-39)40-14-7-4-8-15-40/h3-9,11-16,19-34,45,48H,10,17-18H2,1-2H3/b11-9+. The molecule has 1 saturated carbocycles.